The molecule has 3 amide bonds. The fraction of sp³-hybridized carbons (Fsp3) is 0.409. The van der Waals surface area contributed by atoms with E-state index in [1.165, 1.54) is 5.56 Å². The number of hydrogen-bond acceptors (Lipinski definition) is 4. The molecule has 0 saturated heterocycles. The van der Waals surface area contributed by atoms with Gasteiger partial charge in [0.05, 0.1) is 5.71 Å². The molecule has 3 N–H and O–H groups in total. The van der Waals surface area contributed by atoms with Gasteiger partial charge >= 0.3 is 6.03 Å². The number of amides is 3. The Hall–Kier alpha value is -3.09. The number of para-hydroxylation sites is 1. The van der Waals surface area contributed by atoms with Crippen molar-refractivity contribution >= 4 is 23.3 Å². The number of hydrazone groups is 1. The van der Waals surface area contributed by atoms with Gasteiger partial charge in [0.25, 0.3) is 5.91 Å². The Kier molecular flexibility index (Phi) is 4.68. The monoisotopic (exact) mass is 394 g/mol. The van der Waals surface area contributed by atoms with E-state index in [9.17, 15) is 9.59 Å². The molecule has 1 aliphatic heterocycles. The van der Waals surface area contributed by atoms with Crippen LogP contribution in [0.3, 0.4) is 0 Å². The predicted octanol–water partition coefficient (Wildman–Crippen LogP) is 3.53. The molecule has 0 unspecified atom stereocenters. The normalized spacial score (nSPS) is 18.9. The van der Waals surface area contributed by atoms with Gasteiger partial charge in [0.2, 0.25) is 0 Å². The lowest BCUT2D eigenvalue weighted by Gasteiger charge is -2.29. The highest BCUT2D eigenvalue weighted by Crippen LogP contribution is 2.39. The summed E-state index contributed by atoms with van der Waals surface area (Å²) in [5.41, 5.74) is 11.8. The highest BCUT2D eigenvalue weighted by molar-refractivity contribution is 6.10. The summed E-state index contributed by atoms with van der Waals surface area (Å²) >= 11 is 0. The summed E-state index contributed by atoms with van der Waals surface area (Å²) in [4.78, 5) is 26.4. The van der Waals surface area contributed by atoms with E-state index < -0.39 is 6.03 Å². The van der Waals surface area contributed by atoms with Crippen molar-refractivity contribution in [1.29, 1.82) is 0 Å². The number of nitrogens with one attached hydrogen (secondary N) is 1. The number of nitrogens with zero attached hydrogens (tertiary/aromatic N) is 2. The summed E-state index contributed by atoms with van der Waals surface area (Å²) in [5.74, 6) is 0.942. The number of aryl methyl sites for hydroxylation is 1. The number of benzene rings is 1. The molecular formula is C22H26N4O3. The quantitative estimate of drug-likeness (QED) is 0.762. The van der Waals surface area contributed by atoms with Crippen LogP contribution in [0.1, 0.15) is 59.7 Å². The lowest BCUT2D eigenvalue weighted by molar-refractivity contribution is 0.0954. The van der Waals surface area contributed by atoms with Crippen molar-refractivity contribution in [2.75, 3.05) is 11.4 Å². The first-order valence-electron chi connectivity index (χ1n) is 9.91. The number of anilines is 1. The molecule has 2 heterocycles. The smallest absolute Gasteiger partial charge is 0.332 e. The molecule has 4 rings (SSSR count). The summed E-state index contributed by atoms with van der Waals surface area (Å²) in [6.45, 7) is 6.76. The second-order valence-corrected chi connectivity index (χ2v) is 8.60. The second kappa shape index (κ2) is 7.06. The van der Waals surface area contributed by atoms with Crippen LogP contribution in [0.4, 0.5) is 10.5 Å². The number of primary amides is 1. The van der Waals surface area contributed by atoms with E-state index in [0.717, 1.165) is 35.4 Å². The van der Waals surface area contributed by atoms with Crippen LogP contribution in [-0.2, 0) is 12.8 Å². The fourth-order valence-corrected chi connectivity index (χ4v) is 4.40. The van der Waals surface area contributed by atoms with Crippen molar-refractivity contribution in [3.63, 3.8) is 0 Å². The molecule has 0 bridgehead atoms. The largest absolute Gasteiger partial charge is 0.455 e. The third-order valence-corrected chi connectivity index (χ3v) is 5.64. The van der Waals surface area contributed by atoms with E-state index in [4.69, 9.17) is 10.2 Å². The minimum Gasteiger partial charge on any atom is -0.455 e. The molecular weight excluding hydrogens is 368 g/mol. The molecule has 0 atom stereocenters. The molecule has 0 saturated carbocycles. The maximum Gasteiger partial charge on any atom is 0.332 e. The second-order valence-electron chi connectivity index (χ2n) is 8.60. The van der Waals surface area contributed by atoms with Crippen LogP contribution in [-0.4, -0.2) is 24.2 Å². The molecule has 1 aliphatic carbocycles. The van der Waals surface area contributed by atoms with Crippen LogP contribution < -0.4 is 16.1 Å². The number of furan rings is 1. The number of carbonyl (C=O) groups excluding carboxylic acids is 2. The van der Waals surface area contributed by atoms with Crippen LogP contribution >= 0.6 is 0 Å². The molecule has 0 spiro atoms. The Balaban J connectivity index is 1.75. The molecule has 0 fully saturated rings. The lowest BCUT2D eigenvalue weighted by atomic mass is 9.75. The van der Waals surface area contributed by atoms with Gasteiger partial charge in [0, 0.05) is 29.8 Å². The zero-order chi connectivity index (χ0) is 20.8. The van der Waals surface area contributed by atoms with Gasteiger partial charge in [-0.25, -0.2) is 10.2 Å². The number of fused-ring (bicyclic) bond motifs is 2. The van der Waals surface area contributed by atoms with Crippen LogP contribution in [0.2, 0.25) is 0 Å². The zero-order valence-electron chi connectivity index (χ0n) is 17.0. The van der Waals surface area contributed by atoms with E-state index in [-0.39, 0.29) is 11.3 Å². The molecule has 152 valence electrons. The van der Waals surface area contributed by atoms with Crippen molar-refractivity contribution < 1.29 is 14.0 Å². The van der Waals surface area contributed by atoms with Gasteiger partial charge in [-0.3, -0.25) is 4.79 Å². The van der Waals surface area contributed by atoms with E-state index >= 15 is 0 Å². The Morgan fingerprint density at radius 2 is 2.00 bits per heavy atom. The van der Waals surface area contributed by atoms with E-state index in [0.29, 0.717) is 30.9 Å². The minimum atomic E-state index is -0.718. The number of rotatable bonds is 2. The van der Waals surface area contributed by atoms with Crippen LogP contribution in [0.15, 0.2) is 33.8 Å². The Morgan fingerprint density at radius 3 is 2.76 bits per heavy atom. The topological polar surface area (TPSA) is 101 Å². The Morgan fingerprint density at radius 1 is 1.24 bits per heavy atom. The van der Waals surface area contributed by atoms with Crippen molar-refractivity contribution in [2.45, 2.75) is 46.5 Å². The van der Waals surface area contributed by atoms with Crippen LogP contribution in [0.5, 0.6) is 0 Å². The molecule has 2 aliphatic rings. The average molecular weight is 394 g/mol. The van der Waals surface area contributed by atoms with Gasteiger partial charge in [0.15, 0.2) is 5.76 Å². The van der Waals surface area contributed by atoms with Crippen molar-refractivity contribution in [3.8, 4) is 0 Å². The standard InChI is InChI=1S/C22H26N4O3/c1-13-18-15(24-25-21(23)28)11-22(2,3)12-17(18)29-19(13)20(27)26-10-6-8-14-7-4-5-9-16(14)26/h4-5,7,9H,6,8,10-12H2,1-3H3,(H3,23,25,28)/b24-15-. The van der Waals surface area contributed by atoms with Crippen LogP contribution in [0.25, 0.3) is 0 Å². The first-order valence-corrected chi connectivity index (χ1v) is 9.91. The van der Waals surface area contributed by atoms with E-state index in [2.05, 4.69) is 30.4 Å². The van der Waals surface area contributed by atoms with Gasteiger partial charge in [-0.05, 0) is 43.2 Å². The fourth-order valence-electron chi connectivity index (χ4n) is 4.40. The van der Waals surface area contributed by atoms with Crippen molar-refractivity contribution in [1.82, 2.24) is 5.43 Å². The molecule has 0 radical (unpaired) electrons. The molecule has 1 aromatic heterocycles. The Labute approximate surface area is 169 Å². The van der Waals surface area contributed by atoms with Crippen molar-refractivity contribution in [3.05, 3.63) is 52.5 Å². The summed E-state index contributed by atoms with van der Waals surface area (Å²) in [5, 5.41) is 4.21. The Bertz CT molecular complexity index is 1020. The number of carbonyl (C=O) groups is 2. The summed E-state index contributed by atoms with van der Waals surface area (Å²) in [6.07, 6.45) is 3.24. The maximum absolute atomic E-state index is 13.4. The predicted molar refractivity (Wildman–Crippen MR) is 111 cm³/mol. The summed E-state index contributed by atoms with van der Waals surface area (Å²) in [6, 6.07) is 7.28. The highest BCUT2D eigenvalue weighted by atomic mass is 16.4. The molecule has 7 heteroatoms. The van der Waals surface area contributed by atoms with Gasteiger partial charge in [-0.1, -0.05) is 32.0 Å². The third kappa shape index (κ3) is 3.52. The van der Waals surface area contributed by atoms with Gasteiger partial charge in [-0.15, -0.1) is 0 Å². The third-order valence-electron chi connectivity index (χ3n) is 5.64. The van der Waals surface area contributed by atoms with Gasteiger partial charge in [-0.2, -0.15) is 5.10 Å². The molecule has 2 aromatic rings. The minimum absolute atomic E-state index is 0.104. The zero-order valence-corrected chi connectivity index (χ0v) is 17.0. The van der Waals surface area contributed by atoms with Crippen LogP contribution in [0, 0.1) is 12.3 Å². The van der Waals surface area contributed by atoms with Gasteiger partial charge < -0.3 is 15.1 Å². The molecule has 29 heavy (non-hydrogen) atoms. The SMILES string of the molecule is Cc1c(C(=O)N2CCCc3ccccc32)oc2c1/C(=N\NC(N)=O)CC(C)(C)C2. The lowest BCUT2D eigenvalue weighted by Crippen LogP contribution is -2.35. The summed E-state index contributed by atoms with van der Waals surface area (Å²) < 4.78 is 6.12. The molecule has 7 nitrogen and oxygen atoms in total. The molecule has 1 aromatic carbocycles. The first kappa shape index (κ1) is 19.2. The highest BCUT2D eigenvalue weighted by Gasteiger charge is 2.37. The van der Waals surface area contributed by atoms with Gasteiger partial charge in [0.1, 0.15) is 5.76 Å². The maximum atomic E-state index is 13.4. The number of hydrogen-bond donors (Lipinski definition) is 2. The summed E-state index contributed by atoms with van der Waals surface area (Å²) in [7, 11) is 0. The van der Waals surface area contributed by atoms with E-state index in [1.54, 1.807) is 4.90 Å². The number of nitrogens with two attached hydrogens (primary N) is 1. The first-order chi connectivity index (χ1) is 13.8. The number of urea groups is 1. The van der Waals surface area contributed by atoms with Crippen molar-refractivity contribution in [2.24, 2.45) is 16.3 Å². The van der Waals surface area contributed by atoms with E-state index in [1.807, 2.05) is 25.1 Å². The average Bonchev–Trinajstić information content (AvgIpc) is 3.00.